The topological polar surface area (TPSA) is 78.9 Å². The van der Waals surface area contributed by atoms with Crippen LogP contribution in [0, 0.1) is 0 Å². The molecular weight excluding hydrogens is 817 g/mol. The molecule has 384 valence electrons. The van der Waals surface area contributed by atoms with Crippen LogP contribution in [-0.2, 0) is 28.6 Å². The summed E-state index contributed by atoms with van der Waals surface area (Å²) in [4.78, 5) is 38.0. The molecule has 66 heavy (non-hydrogen) atoms. The predicted molar refractivity (Wildman–Crippen MR) is 284 cm³/mol. The van der Waals surface area contributed by atoms with Crippen LogP contribution in [0.25, 0.3) is 0 Å². The lowest BCUT2D eigenvalue weighted by Crippen LogP contribution is -2.30. The fourth-order valence-electron chi connectivity index (χ4n) is 8.18. The number of carbonyl (C=O) groups excluding carboxylic acids is 3. The zero-order valence-electron chi connectivity index (χ0n) is 44.0. The summed E-state index contributed by atoms with van der Waals surface area (Å²) in [5.41, 5.74) is 0. The maximum Gasteiger partial charge on any atom is 0.306 e. The van der Waals surface area contributed by atoms with E-state index in [1.54, 1.807) is 0 Å². The molecule has 0 aliphatic rings. The monoisotopic (exact) mass is 925 g/mol. The van der Waals surface area contributed by atoms with Crippen molar-refractivity contribution in [3.05, 3.63) is 48.6 Å². The number of unbranched alkanes of at least 4 members (excludes halogenated alkanes) is 33. The van der Waals surface area contributed by atoms with Gasteiger partial charge in [0.1, 0.15) is 13.2 Å². The quantitative estimate of drug-likeness (QED) is 0.0262. The van der Waals surface area contributed by atoms with Crippen LogP contribution in [0.3, 0.4) is 0 Å². The summed E-state index contributed by atoms with van der Waals surface area (Å²) < 4.78 is 16.8. The molecule has 0 aliphatic carbocycles. The summed E-state index contributed by atoms with van der Waals surface area (Å²) in [6.07, 6.45) is 66.8. The van der Waals surface area contributed by atoms with E-state index in [1.807, 2.05) is 0 Å². The van der Waals surface area contributed by atoms with Crippen molar-refractivity contribution in [3.8, 4) is 0 Å². The number of allylic oxidation sites excluding steroid dienone is 8. The van der Waals surface area contributed by atoms with Crippen molar-refractivity contribution in [2.45, 2.75) is 303 Å². The molecule has 0 fully saturated rings. The predicted octanol–water partition coefficient (Wildman–Crippen LogP) is 19.0. The SMILES string of the molecule is CCC/C=C\CCCCCCCC(=O)OCC(COC(=O)CCCCCCCCCCC/C=C\CCCCCCCCCC)OC(=O)CCCCCCCCC/C=C\C/C=C\CCCCC. The molecule has 0 rings (SSSR count). The van der Waals surface area contributed by atoms with Crippen LogP contribution in [0.1, 0.15) is 297 Å². The molecule has 0 radical (unpaired) electrons. The molecular formula is C60H108O6. The van der Waals surface area contributed by atoms with E-state index in [1.165, 1.54) is 173 Å². The van der Waals surface area contributed by atoms with Crippen LogP contribution in [-0.4, -0.2) is 37.2 Å². The molecule has 0 aliphatic heterocycles. The third kappa shape index (κ3) is 52.3. The Kier molecular flexibility index (Phi) is 52.8. The fourth-order valence-corrected chi connectivity index (χ4v) is 8.18. The second kappa shape index (κ2) is 55.0. The minimum Gasteiger partial charge on any atom is -0.462 e. The zero-order valence-corrected chi connectivity index (χ0v) is 44.0. The van der Waals surface area contributed by atoms with E-state index in [0.717, 1.165) is 83.5 Å². The van der Waals surface area contributed by atoms with Crippen molar-refractivity contribution in [2.75, 3.05) is 13.2 Å². The van der Waals surface area contributed by atoms with Crippen LogP contribution in [0.5, 0.6) is 0 Å². The van der Waals surface area contributed by atoms with E-state index >= 15 is 0 Å². The van der Waals surface area contributed by atoms with E-state index in [2.05, 4.69) is 69.4 Å². The van der Waals surface area contributed by atoms with Crippen molar-refractivity contribution >= 4 is 17.9 Å². The molecule has 6 nitrogen and oxygen atoms in total. The normalized spacial score (nSPS) is 12.3. The second-order valence-electron chi connectivity index (χ2n) is 19.2. The number of ether oxygens (including phenoxy) is 3. The van der Waals surface area contributed by atoms with Gasteiger partial charge in [0.25, 0.3) is 0 Å². The average Bonchev–Trinajstić information content (AvgIpc) is 3.31. The summed E-state index contributed by atoms with van der Waals surface area (Å²) in [6, 6.07) is 0. The number of rotatable bonds is 52. The fraction of sp³-hybridized carbons (Fsp3) is 0.817. The van der Waals surface area contributed by atoms with Gasteiger partial charge in [-0.15, -0.1) is 0 Å². The Morgan fingerprint density at radius 3 is 0.939 bits per heavy atom. The summed E-state index contributed by atoms with van der Waals surface area (Å²) in [5, 5.41) is 0. The van der Waals surface area contributed by atoms with Crippen molar-refractivity contribution in [1.82, 2.24) is 0 Å². The van der Waals surface area contributed by atoms with Crippen molar-refractivity contribution < 1.29 is 28.6 Å². The Balaban J connectivity index is 4.28. The van der Waals surface area contributed by atoms with Gasteiger partial charge in [-0.05, 0) is 96.3 Å². The Bertz CT molecular complexity index is 1150. The van der Waals surface area contributed by atoms with Gasteiger partial charge in [0, 0.05) is 19.3 Å². The highest BCUT2D eigenvalue weighted by molar-refractivity contribution is 5.71. The van der Waals surface area contributed by atoms with E-state index in [0.29, 0.717) is 19.3 Å². The van der Waals surface area contributed by atoms with Crippen LogP contribution in [0.15, 0.2) is 48.6 Å². The molecule has 0 aromatic heterocycles. The molecule has 0 bridgehead atoms. The van der Waals surface area contributed by atoms with Gasteiger partial charge in [-0.3, -0.25) is 14.4 Å². The lowest BCUT2D eigenvalue weighted by atomic mass is 10.1. The molecule has 6 heteroatoms. The van der Waals surface area contributed by atoms with E-state index in [-0.39, 0.29) is 31.1 Å². The van der Waals surface area contributed by atoms with Gasteiger partial charge >= 0.3 is 17.9 Å². The molecule has 0 heterocycles. The molecule has 0 saturated carbocycles. The highest BCUT2D eigenvalue weighted by Gasteiger charge is 2.19. The smallest absolute Gasteiger partial charge is 0.306 e. The third-order valence-electron chi connectivity index (χ3n) is 12.5. The van der Waals surface area contributed by atoms with Crippen molar-refractivity contribution in [1.29, 1.82) is 0 Å². The molecule has 1 atom stereocenters. The van der Waals surface area contributed by atoms with E-state index < -0.39 is 6.10 Å². The number of hydrogen-bond acceptors (Lipinski definition) is 6. The summed E-state index contributed by atoms with van der Waals surface area (Å²) in [7, 11) is 0. The Hall–Kier alpha value is -2.63. The number of esters is 3. The largest absolute Gasteiger partial charge is 0.462 e. The lowest BCUT2D eigenvalue weighted by molar-refractivity contribution is -0.167. The molecule has 0 aromatic carbocycles. The van der Waals surface area contributed by atoms with Gasteiger partial charge < -0.3 is 14.2 Å². The molecule has 0 spiro atoms. The standard InChI is InChI=1S/C60H108O6/c1-4-7-10-13-16-19-22-24-26-28-29-30-31-33-34-36-38-41-44-47-50-53-59(62)65-56-57(55-64-58(61)52-49-46-43-40-21-18-15-12-9-6-3)66-60(63)54-51-48-45-42-39-37-35-32-27-25-23-20-17-14-11-8-5-2/h12,15,17,20,25,27-29,57H,4-11,13-14,16,18-19,21-24,26,30-56H2,1-3H3/b15-12-,20-17-,27-25-,29-28-. The summed E-state index contributed by atoms with van der Waals surface area (Å²) in [6.45, 7) is 6.56. The maximum atomic E-state index is 12.8. The molecule has 0 saturated heterocycles. The number of hydrogen-bond donors (Lipinski definition) is 0. The second-order valence-corrected chi connectivity index (χ2v) is 19.2. The highest BCUT2D eigenvalue weighted by atomic mass is 16.6. The summed E-state index contributed by atoms with van der Waals surface area (Å²) >= 11 is 0. The van der Waals surface area contributed by atoms with Crippen LogP contribution in [0.4, 0.5) is 0 Å². The van der Waals surface area contributed by atoms with Gasteiger partial charge in [0.2, 0.25) is 0 Å². The first-order chi connectivity index (χ1) is 32.5. The summed E-state index contributed by atoms with van der Waals surface area (Å²) in [5.74, 6) is -0.889. The van der Waals surface area contributed by atoms with E-state index in [4.69, 9.17) is 14.2 Å². The molecule has 0 aromatic rings. The van der Waals surface area contributed by atoms with Gasteiger partial charge in [-0.1, -0.05) is 230 Å². The Morgan fingerprint density at radius 2 is 0.576 bits per heavy atom. The average molecular weight is 926 g/mol. The highest BCUT2D eigenvalue weighted by Crippen LogP contribution is 2.16. The maximum absolute atomic E-state index is 12.8. The van der Waals surface area contributed by atoms with Gasteiger partial charge in [0.15, 0.2) is 6.10 Å². The number of carbonyl (C=O) groups is 3. The molecule has 1 unspecified atom stereocenters. The first-order valence-electron chi connectivity index (χ1n) is 28.6. The first-order valence-corrected chi connectivity index (χ1v) is 28.6. The van der Waals surface area contributed by atoms with Crippen LogP contribution < -0.4 is 0 Å². The van der Waals surface area contributed by atoms with Crippen LogP contribution in [0.2, 0.25) is 0 Å². The van der Waals surface area contributed by atoms with Gasteiger partial charge in [-0.2, -0.15) is 0 Å². The minimum absolute atomic E-state index is 0.0788. The molecule has 0 N–H and O–H groups in total. The first kappa shape index (κ1) is 63.4. The minimum atomic E-state index is -0.780. The van der Waals surface area contributed by atoms with Crippen LogP contribution >= 0.6 is 0 Å². The van der Waals surface area contributed by atoms with Crippen molar-refractivity contribution in [2.24, 2.45) is 0 Å². The van der Waals surface area contributed by atoms with Gasteiger partial charge in [-0.25, -0.2) is 0 Å². The van der Waals surface area contributed by atoms with E-state index in [9.17, 15) is 14.4 Å². The Morgan fingerprint density at radius 1 is 0.303 bits per heavy atom. The van der Waals surface area contributed by atoms with Gasteiger partial charge in [0.05, 0.1) is 0 Å². The third-order valence-corrected chi connectivity index (χ3v) is 12.5. The zero-order chi connectivity index (χ0) is 47.9. The molecule has 0 amide bonds. The van der Waals surface area contributed by atoms with Crippen molar-refractivity contribution in [3.63, 3.8) is 0 Å². The lowest BCUT2D eigenvalue weighted by Gasteiger charge is -2.18. The Labute approximate surface area is 409 Å².